The monoisotopic (exact) mass is 446 g/mol. The van der Waals surface area contributed by atoms with Crippen molar-refractivity contribution >= 4 is 29.9 Å². The zero-order valence-corrected chi connectivity index (χ0v) is 17.5. The molecule has 1 aliphatic heterocycles. The van der Waals surface area contributed by atoms with Crippen LogP contribution >= 0.6 is 24.0 Å². The van der Waals surface area contributed by atoms with Crippen LogP contribution in [0.15, 0.2) is 35.3 Å². The first-order valence-corrected chi connectivity index (χ1v) is 8.35. The molecule has 5 nitrogen and oxygen atoms in total. The van der Waals surface area contributed by atoms with E-state index in [-0.39, 0.29) is 29.5 Å². The van der Waals surface area contributed by atoms with Gasteiger partial charge in [0.1, 0.15) is 0 Å². The average Bonchev–Trinajstić information content (AvgIpc) is 2.55. The molecule has 0 radical (unpaired) electrons. The molecule has 0 amide bonds. The van der Waals surface area contributed by atoms with Crippen LogP contribution in [0.4, 0.5) is 0 Å². The highest BCUT2D eigenvalue weighted by molar-refractivity contribution is 14.0. The van der Waals surface area contributed by atoms with Crippen LogP contribution < -0.4 is 10.6 Å². The van der Waals surface area contributed by atoms with Gasteiger partial charge in [-0.15, -0.1) is 24.0 Å². The predicted molar refractivity (Wildman–Crippen MR) is 111 cm³/mol. The van der Waals surface area contributed by atoms with Gasteiger partial charge in [-0.1, -0.05) is 30.3 Å². The fourth-order valence-corrected chi connectivity index (χ4v) is 2.75. The molecular weight excluding hydrogens is 415 g/mol. The summed E-state index contributed by atoms with van der Waals surface area (Å²) in [6, 6.07) is 11.0. The summed E-state index contributed by atoms with van der Waals surface area (Å²) < 4.78 is 5.50. The van der Waals surface area contributed by atoms with Crippen LogP contribution in [0.25, 0.3) is 0 Å². The molecule has 2 rings (SSSR count). The lowest BCUT2D eigenvalue weighted by Crippen LogP contribution is -2.50. The number of nitrogens with zero attached hydrogens (tertiary/aromatic N) is 2. The third-order valence-corrected chi connectivity index (χ3v) is 3.85. The number of hydrogen-bond acceptors (Lipinski definition) is 3. The van der Waals surface area contributed by atoms with Crippen molar-refractivity contribution in [1.29, 1.82) is 0 Å². The van der Waals surface area contributed by atoms with E-state index in [1.54, 1.807) is 0 Å². The largest absolute Gasteiger partial charge is 0.379 e. The van der Waals surface area contributed by atoms with Crippen molar-refractivity contribution in [3.8, 4) is 0 Å². The molecular formula is C18H31IN4O. The molecule has 1 aromatic carbocycles. The van der Waals surface area contributed by atoms with Gasteiger partial charge in [0.2, 0.25) is 0 Å². The number of rotatable bonds is 4. The standard InChI is InChI=1S/C18H30N4O.HI/c1-18(2,3)21-17(19-4)20-14-16(15-8-6-5-7-9-15)22-10-12-23-13-11-22;/h5-9,16H,10-14H2,1-4H3,(H2,19,20,21);1H. The highest BCUT2D eigenvalue weighted by atomic mass is 127. The minimum Gasteiger partial charge on any atom is -0.379 e. The van der Waals surface area contributed by atoms with Gasteiger partial charge in [-0.05, 0) is 26.3 Å². The molecule has 1 heterocycles. The Morgan fingerprint density at radius 3 is 2.38 bits per heavy atom. The number of guanidine groups is 1. The van der Waals surface area contributed by atoms with E-state index in [0.29, 0.717) is 6.04 Å². The molecule has 1 atom stereocenters. The molecule has 1 saturated heterocycles. The zero-order chi connectivity index (χ0) is 16.7. The number of ether oxygens (including phenoxy) is 1. The lowest BCUT2D eigenvalue weighted by Gasteiger charge is -2.35. The zero-order valence-electron chi connectivity index (χ0n) is 15.2. The van der Waals surface area contributed by atoms with E-state index in [9.17, 15) is 0 Å². The molecule has 6 heteroatoms. The first-order chi connectivity index (χ1) is 11.0. The van der Waals surface area contributed by atoms with Gasteiger partial charge >= 0.3 is 0 Å². The smallest absolute Gasteiger partial charge is 0.191 e. The fraction of sp³-hybridized carbons (Fsp3) is 0.611. The molecule has 1 unspecified atom stereocenters. The molecule has 1 fully saturated rings. The van der Waals surface area contributed by atoms with Gasteiger partial charge in [-0.25, -0.2) is 0 Å². The van der Waals surface area contributed by atoms with Gasteiger partial charge in [-0.3, -0.25) is 9.89 Å². The van der Waals surface area contributed by atoms with Crippen LogP contribution in [0.2, 0.25) is 0 Å². The lowest BCUT2D eigenvalue weighted by molar-refractivity contribution is 0.0170. The predicted octanol–water partition coefficient (Wildman–Crippen LogP) is 2.64. The summed E-state index contributed by atoms with van der Waals surface area (Å²) in [4.78, 5) is 6.82. The Labute approximate surface area is 163 Å². The minimum absolute atomic E-state index is 0. The minimum atomic E-state index is -0.0109. The Balaban J connectivity index is 0.00000288. The van der Waals surface area contributed by atoms with Crippen LogP contribution in [0.3, 0.4) is 0 Å². The van der Waals surface area contributed by atoms with E-state index in [2.05, 4.69) is 71.6 Å². The van der Waals surface area contributed by atoms with Gasteiger partial charge in [0, 0.05) is 32.2 Å². The van der Waals surface area contributed by atoms with E-state index < -0.39 is 0 Å². The normalized spacial score (nSPS) is 17.8. The summed E-state index contributed by atoms with van der Waals surface area (Å²) in [6.07, 6.45) is 0. The van der Waals surface area contributed by atoms with E-state index >= 15 is 0 Å². The lowest BCUT2D eigenvalue weighted by atomic mass is 10.0. The number of hydrogen-bond donors (Lipinski definition) is 2. The van der Waals surface area contributed by atoms with Gasteiger partial charge in [0.05, 0.1) is 19.3 Å². The molecule has 24 heavy (non-hydrogen) atoms. The summed E-state index contributed by atoms with van der Waals surface area (Å²) in [6.45, 7) is 10.8. The first-order valence-electron chi connectivity index (χ1n) is 8.35. The number of aliphatic imine (C=N–C) groups is 1. The van der Waals surface area contributed by atoms with Gasteiger partial charge in [0.25, 0.3) is 0 Å². The van der Waals surface area contributed by atoms with Crippen molar-refractivity contribution in [2.45, 2.75) is 32.4 Å². The maximum absolute atomic E-state index is 5.50. The van der Waals surface area contributed by atoms with Gasteiger partial charge < -0.3 is 15.4 Å². The second-order valence-corrected chi connectivity index (χ2v) is 6.90. The van der Waals surface area contributed by atoms with Gasteiger partial charge in [0.15, 0.2) is 5.96 Å². The van der Waals surface area contributed by atoms with Crippen molar-refractivity contribution in [2.75, 3.05) is 39.9 Å². The topological polar surface area (TPSA) is 48.9 Å². The average molecular weight is 446 g/mol. The Morgan fingerprint density at radius 1 is 1.21 bits per heavy atom. The molecule has 136 valence electrons. The maximum Gasteiger partial charge on any atom is 0.191 e. The van der Waals surface area contributed by atoms with Crippen LogP contribution in [0.1, 0.15) is 32.4 Å². The molecule has 1 aliphatic rings. The summed E-state index contributed by atoms with van der Waals surface area (Å²) in [5, 5.41) is 6.89. The van der Waals surface area contributed by atoms with E-state index in [0.717, 1.165) is 38.8 Å². The second-order valence-electron chi connectivity index (χ2n) is 6.90. The molecule has 0 bridgehead atoms. The third kappa shape index (κ3) is 6.94. The van der Waals surface area contributed by atoms with Crippen molar-refractivity contribution in [2.24, 2.45) is 4.99 Å². The van der Waals surface area contributed by atoms with E-state index in [1.165, 1.54) is 5.56 Å². The number of benzene rings is 1. The first kappa shape index (κ1) is 21.2. The third-order valence-electron chi connectivity index (χ3n) is 3.85. The van der Waals surface area contributed by atoms with Crippen LogP contribution in [-0.4, -0.2) is 56.3 Å². The quantitative estimate of drug-likeness (QED) is 0.424. The number of morpholine rings is 1. The SMILES string of the molecule is CN=C(NCC(c1ccccc1)N1CCOCC1)NC(C)(C)C.I. The summed E-state index contributed by atoms with van der Waals surface area (Å²) in [5.74, 6) is 0.840. The Hall–Kier alpha value is -0.860. The van der Waals surface area contributed by atoms with Crippen LogP contribution in [0.5, 0.6) is 0 Å². The van der Waals surface area contributed by atoms with Crippen LogP contribution in [-0.2, 0) is 4.74 Å². The van der Waals surface area contributed by atoms with Crippen LogP contribution in [0, 0.1) is 0 Å². The maximum atomic E-state index is 5.50. The Bertz CT molecular complexity index is 495. The highest BCUT2D eigenvalue weighted by Crippen LogP contribution is 2.21. The second kappa shape index (κ2) is 10.2. The van der Waals surface area contributed by atoms with E-state index in [1.807, 2.05) is 7.05 Å². The number of halogens is 1. The molecule has 0 aliphatic carbocycles. The number of nitrogens with one attached hydrogen (secondary N) is 2. The summed E-state index contributed by atoms with van der Waals surface area (Å²) in [7, 11) is 1.81. The molecule has 0 spiro atoms. The van der Waals surface area contributed by atoms with Crippen molar-refractivity contribution < 1.29 is 4.74 Å². The van der Waals surface area contributed by atoms with Gasteiger partial charge in [-0.2, -0.15) is 0 Å². The molecule has 0 saturated carbocycles. The molecule has 2 N–H and O–H groups in total. The van der Waals surface area contributed by atoms with Crippen molar-refractivity contribution in [1.82, 2.24) is 15.5 Å². The Kier molecular flexibility index (Phi) is 9.01. The summed E-state index contributed by atoms with van der Waals surface area (Å²) in [5.41, 5.74) is 1.32. The van der Waals surface area contributed by atoms with E-state index in [4.69, 9.17) is 4.74 Å². The Morgan fingerprint density at radius 2 is 1.83 bits per heavy atom. The fourth-order valence-electron chi connectivity index (χ4n) is 2.75. The molecule has 1 aromatic rings. The molecule has 0 aromatic heterocycles. The van der Waals surface area contributed by atoms with Crippen molar-refractivity contribution in [3.63, 3.8) is 0 Å². The highest BCUT2D eigenvalue weighted by Gasteiger charge is 2.23. The van der Waals surface area contributed by atoms with Crippen molar-refractivity contribution in [3.05, 3.63) is 35.9 Å². The summed E-state index contributed by atoms with van der Waals surface area (Å²) >= 11 is 0.